The molecule has 3 nitrogen and oxygen atoms in total. The standard InChI is InChI=1S/C12H7F3N2O/c13-7-2-1-3-8(6-7)17-12(18)9-4-5-16-11(15)10(9)14/h1-6H,(H,17,18). The summed E-state index contributed by atoms with van der Waals surface area (Å²) in [6.45, 7) is 0. The van der Waals surface area contributed by atoms with Crippen molar-refractivity contribution in [2.75, 3.05) is 5.32 Å². The molecular formula is C12H7F3N2O. The predicted molar refractivity (Wildman–Crippen MR) is 58.5 cm³/mol. The molecule has 0 saturated heterocycles. The molecule has 0 unspecified atom stereocenters. The molecule has 2 rings (SSSR count). The summed E-state index contributed by atoms with van der Waals surface area (Å²) < 4.78 is 38.9. The molecule has 0 bridgehead atoms. The Morgan fingerprint density at radius 2 is 1.94 bits per heavy atom. The van der Waals surface area contributed by atoms with Crippen LogP contribution in [0.1, 0.15) is 10.4 Å². The molecule has 92 valence electrons. The van der Waals surface area contributed by atoms with Gasteiger partial charge < -0.3 is 5.32 Å². The van der Waals surface area contributed by atoms with Crippen LogP contribution in [-0.2, 0) is 0 Å². The number of carbonyl (C=O) groups is 1. The molecule has 1 N–H and O–H groups in total. The zero-order valence-corrected chi connectivity index (χ0v) is 8.95. The van der Waals surface area contributed by atoms with Crippen molar-refractivity contribution < 1.29 is 18.0 Å². The summed E-state index contributed by atoms with van der Waals surface area (Å²) >= 11 is 0. The molecule has 0 radical (unpaired) electrons. The normalized spacial score (nSPS) is 10.2. The first-order valence-corrected chi connectivity index (χ1v) is 4.95. The number of amides is 1. The van der Waals surface area contributed by atoms with E-state index in [2.05, 4.69) is 10.3 Å². The van der Waals surface area contributed by atoms with Crippen LogP contribution in [0.5, 0.6) is 0 Å². The van der Waals surface area contributed by atoms with Gasteiger partial charge in [0.25, 0.3) is 5.91 Å². The van der Waals surface area contributed by atoms with Crippen LogP contribution in [0.2, 0.25) is 0 Å². The van der Waals surface area contributed by atoms with E-state index in [4.69, 9.17) is 0 Å². The number of nitrogens with one attached hydrogen (secondary N) is 1. The van der Waals surface area contributed by atoms with Crippen molar-refractivity contribution in [1.29, 1.82) is 0 Å². The second kappa shape index (κ2) is 4.87. The van der Waals surface area contributed by atoms with Crippen molar-refractivity contribution in [2.45, 2.75) is 0 Å². The van der Waals surface area contributed by atoms with Gasteiger partial charge in [0.1, 0.15) is 5.82 Å². The number of aromatic nitrogens is 1. The van der Waals surface area contributed by atoms with Gasteiger partial charge in [0.05, 0.1) is 5.56 Å². The van der Waals surface area contributed by atoms with Crippen LogP contribution in [0.25, 0.3) is 0 Å². The van der Waals surface area contributed by atoms with Gasteiger partial charge >= 0.3 is 0 Å². The summed E-state index contributed by atoms with van der Waals surface area (Å²) in [4.78, 5) is 14.7. The molecule has 1 amide bonds. The topological polar surface area (TPSA) is 42.0 Å². The molecule has 18 heavy (non-hydrogen) atoms. The number of halogens is 3. The average Bonchev–Trinajstić information content (AvgIpc) is 2.32. The van der Waals surface area contributed by atoms with Crippen molar-refractivity contribution in [1.82, 2.24) is 4.98 Å². The van der Waals surface area contributed by atoms with E-state index >= 15 is 0 Å². The number of nitrogens with zero attached hydrogens (tertiary/aromatic N) is 1. The fourth-order valence-corrected chi connectivity index (χ4v) is 1.36. The fourth-order valence-electron chi connectivity index (χ4n) is 1.36. The van der Waals surface area contributed by atoms with Gasteiger partial charge in [-0.25, -0.2) is 13.8 Å². The minimum Gasteiger partial charge on any atom is -0.322 e. The third kappa shape index (κ3) is 2.48. The van der Waals surface area contributed by atoms with E-state index in [1.807, 2.05) is 0 Å². The molecule has 0 aliphatic carbocycles. The third-order valence-corrected chi connectivity index (χ3v) is 2.17. The molecule has 0 aliphatic heterocycles. The van der Waals surface area contributed by atoms with Gasteiger partial charge in [-0.05, 0) is 24.3 Å². The summed E-state index contributed by atoms with van der Waals surface area (Å²) in [5.41, 5.74) is -0.344. The Morgan fingerprint density at radius 1 is 1.17 bits per heavy atom. The van der Waals surface area contributed by atoms with Crippen LogP contribution in [0, 0.1) is 17.6 Å². The average molecular weight is 252 g/mol. The molecular weight excluding hydrogens is 245 g/mol. The van der Waals surface area contributed by atoms with Gasteiger partial charge in [-0.3, -0.25) is 4.79 Å². The largest absolute Gasteiger partial charge is 0.322 e. The molecule has 1 aromatic carbocycles. The molecule has 0 aliphatic rings. The highest BCUT2D eigenvalue weighted by Gasteiger charge is 2.16. The van der Waals surface area contributed by atoms with Crippen LogP contribution in [0.3, 0.4) is 0 Å². The van der Waals surface area contributed by atoms with Gasteiger partial charge in [-0.2, -0.15) is 4.39 Å². The van der Waals surface area contributed by atoms with Crippen molar-refractivity contribution in [3.8, 4) is 0 Å². The van der Waals surface area contributed by atoms with Gasteiger partial charge in [0, 0.05) is 11.9 Å². The van der Waals surface area contributed by atoms with Gasteiger partial charge in [0.15, 0.2) is 5.82 Å². The van der Waals surface area contributed by atoms with Crippen LogP contribution in [0.15, 0.2) is 36.5 Å². The smallest absolute Gasteiger partial charge is 0.258 e. The number of anilines is 1. The van der Waals surface area contributed by atoms with E-state index in [0.29, 0.717) is 0 Å². The lowest BCUT2D eigenvalue weighted by molar-refractivity contribution is 0.102. The molecule has 0 fully saturated rings. The monoisotopic (exact) mass is 252 g/mol. The molecule has 1 aromatic heterocycles. The lowest BCUT2D eigenvalue weighted by Crippen LogP contribution is -2.15. The minimum absolute atomic E-state index is 0.150. The van der Waals surface area contributed by atoms with Crippen LogP contribution >= 0.6 is 0 Å². The number of benzene rings is 1. The van der Waals surface area contributed by atoms with E-state index in [1.54, 1.807) is 0 Å². The first-order chi connectivity index (χ1) is 8.58. The van der Waals surface area contributed by atoms with Gasteiger partial charge in [-0.15, -0.1) is 0 Å². The minimum atomic E-state index is -1.36. The maximum Gasteiger partial charge on any atom is 0.258 e. The highest BCUT2D eigenvalue weighted by Crippen LogP contribution is 2.13. The van der Waals surface area contributed by atoms with Crippen LogP contribution in [-0.4, -0.2) is 10.9 Å². The first kappa shape index (κ1) is 12.1. The lowest BCUT2D eigenvalue weighted by atomic mass is 10.2. The maximum atomic E-state index is 13.3. The Labute approximate surface area is 100 Å². The Morgan fingerprint density at radius 3 is 2.67 bits per heavy atom. The van der Waals surface area contributed by atoms with Gasteiger partial charge in [0.2, 0.25) is 5.95 Å². The van der Waals surface area contributed by atoms with Crippen LogP contribution < -0.4 is 5.32 Å². The van der Waals surface area contributed by atoms with E-state index in [0.717, 1.165) is 18.3 Å². The zero-order valence-electron chi connectivity index (χ0n) is 8.95. The van der Waals surface area contributed by atoms with E-state index < -0.39 is 29.1 Å². The summed E-state index contributed by atoms with van der Waals surface area (Å²) in [6, 6.07) is 6.10. The Bertz CT molecular complexity index is 602. The molecule has 0 saturated carbocycles. The fraction of sp³-hybridized carbons (Fsp3) is 0. The Balaban J connectivity index is 2.25. The molecule has 0 atom stereocenters. The number of pyridine rings is 1. The number of rotatable bonds is 2. The van der Waals surface area contributed by atoms with E-state index in [-0.39, 0.29) is 5.69 Å². The molecule has 2 aromatic rings. The first-order valence-electron chi connectivity index (χ1n) is 4.95. The highest BCUT2D eigenvalue weighted by molar-refractivity contribution is 6.04. The summed E-state index contributed by atoms with van der Waals surface area (Å²) in [5.74, 6) is -4.12. The van der Waals surface area contributed by atoms with Crippen molar-refractivity contribution in [2.24, 2.45) is 0 Å². The summed E-state index contributed by atoms with van der Waals surface area (Å²) in [7, 11) is 0. The highest BCUT2D eigenvalue weighted by atomic mass is 19.2. The second-order valence-electron chi connectivity index (χ2n) is 3.43. The third-order valence-electron chi connectivity index (χ3n) is 2.17. The molecule has 1 heterocycles. The van der Waals surface area contributed by atoms with Crippen molar-refractivity contribution >= 4 is 11.6 Å². The van der Waals surface area contributed by atoms with E-state index in [1.165, 1.54) is 18.2 Å². The lowest BCUT2D eigenvalue weighted by Gasteiger charge is -2.06. The van der Waals surface area contributed by atoms with Crippen molar-refractivity contribution in [3.63, 3.8) is 0 Å². The zero-order chi connectivity index (χ0) is 13.1. The van der Waals surface area contributed by atoms with E-state index in [9.17, 15) is 18.0 Å². The van der Waals surface area contributed by atoms with Crippen LogP contribution in [0.4, 0.5) is 18.9 Å². The number of hydrogen-bond acceptors (Lipinski definition) is 2. The molecule has 0 spiro atoms. The second-order valence-corrected chi connectivity index (χ2v) is 3.43. The quantitative estimate of drug-likeness (QED) is 0.835. The van der Waals surface area contributed by atoms with Gasteiger partial charge in [-0.1, -0.05) is 6.07 Å². The summed E-state index contributed by atoms with van der Waals surface area (Å²) in [5, 5.41) is 2.25. The predicted octanol–water partition coefficient (Wildman–Crippen LogP) is 2.75. The summed E-state index contributed by atoms with van der Waals surface area (Å²) in [6.07, 6.45) is 0.971. The SMILES string of the molecule is O=C(Nc1cccc(F)c1)c1ccnc(F)c1F. The Kier molecular flexibility index (Phi) is 3.27. The van der Waals surface area contributed by atoms with Crippen molar-refractivity contribution in [3.05, 3.63) is 59.7 Å². The Hall–Kier alpha value is -2.37. The number of carbonyl (C=O) groups excluding carboxylic acids is 1. The number of hydrogen-bond donors (Lipinski definition) is 1. The maximum absolute atomic E-state index is 13.3. The molecule has 6 heteroatoms.